The number of hydrogen-bond acceptors (Lipinski definition) is 4. The Hall–Kier alpha value is -1.27. The largest absolute Gasteiger partial charge is 0.389 e. The molecule has 1 N–H and O–H groups in total. The van der Waals surface area contributed by atoms with Crippen molar-refractivity contribution < 1.29 is 19.0 Å². The summed E-state index contributed by atoms with van der Waals surface area (Å²) in [6.45, 7) is 8.39. The normalized spacial score (nSPS) is 30.4. The summed E-state index contributed by atoms with van der Waals surface area (Å²) < 4.78 is 24.8. The number of morpholine rings is 1. The molecule has 3 aliphatic carbocycles. The van der Waals surface area contributed by atoms with Crippen molar-refractivity contribution in [1.82, 2.24) is 4.90 Å². The van der Waals surface area contributed by atoms with Crippen LogP contribution in [0, 0.1) is 23.1 Å². The number of aliphatic hydroxyl groups is 1. The molecule has 154 valence electrons. The van der Waals surface area contributed by atoms with E-state index in [1.54, 1.807) is 12.1 Å². The van der Waals surface area contributed by atoms with Crippen LogP contribution < -0.4 is 0 Å². The van der Waals surface area contributed by atoms with Crippen LogP contribution in [-0.4, -0.2) is 55.6 Å². The molecule has 5 rings (SSSR count). The van der Waals surface area contributed by atoms with E-state index < -0.39 is 6.10 Å². The first-order valence-electron chi connectivity index (χ1n) is 10.5. The second kappa shape index (κ2) is 8.23. The summed E-state index contributed by atoms with van der Waals surface area (Å²) >= 11 is 0. The Bertz CT molecular complexity index is 702. The molecule has 4 aliphatic rings. The predicted octanol–water partition coefficient (Wildman–Crippen LogP) is 3.57. The maximum absolute atomic E-state index is 13.1. The zero-order valence-corrected chi connectivity index (χ0v) is 16.9. The van der Waals surface area contributed by atoms with Gasteiger partial charge in [-0.25, -0.2) is 4.39 Å². The smallest absolute Gasteiger partial charge is 0.123 e. The monoisotopic (exact) mass is 389 g/mol. The lowest BCUT2D eigenvalue weighted by Crippen LogP contribution is -2.48. The summed E-state index contributed by atoms with van der Waals surface area (Å²) in [5.41, 5.74) is 2.81. The van der Waals surface area contributed by atoms with Crippen LogP contribution in [0.15, 0.2) is 35.9 Å². The maximum Gasteiger partial charge on any atom is 0.123 e. The van der Waals surface area contributed by atoms with Crippen LogP contribution in [0.4, 0.5) is 4.39 Å². The summed E-state index contributed by atoms with van der Waals surface area (Å²) in [5.74, 6) is 1.25. The van der Waals surface area contributed by atoms with Crippen molar-refractivity contribution in [2.75, 3.05) is 39.5 Å². The van der Waals surface area contributed by atoms with Gasteiger partial charge in [-0.3, -0.25) is 4.90 Å². The molecule has 1 saturated heterocycles. The molecule has 0 radical (unpaired) electrons. The molecule has 0 amide bonds. The zero-order valence-electron chi connectivity index (χ0n) is 16.9. The average molecular weight is 390 g/mol. The fraction of sp³-hybridized carbons (Fsp3) is 0.652. The van der Waals surface area contributed by atoms with Gasteiger partial charge in [0.1, 0.15) is 5.82 Å². The number of fused-ring (bicyclic) bond motifs is 1. The third-order valence-corrected chi connectivity index (χ3v) is 7.02. The van der Waals surface area contributed by atoms with Gasteiger partial charge in [0.25, 0.3) is 0 Å². The van der Waals surface area contributed by atoms with Crippen molar-refractivity contribution in [2.24, 2.45) is 17.3 Å². The molecule has 2 fully saturated rings. The van der Waals surface area contributed by atoms with Crippen LogP contribution in [0.5, 0.6) is 0 Å². The highest BCUT2D eigenvalue weighted by molar-refractivity contribution is 5.23. The van der Waals surface area contributed by atoms with Crippen molar-refractivity contribution in [3.05, 3.63) is 47.3 Å². The van der Waals surface area contributed by atoms with Crippen LogP contribution in [-0.2, 0) is 9.47 Å². The van der Waals surface area contributed by atoms with Crippen molar-refractivity contribution in [2.45, 2.75) is 38.9 Å². The van der Waals surface area contributed by atoms with Crippen LogP contribution in [0.25, 0.3) is 0 Å². The highest BCUT2D eigenvalue weighted by atomic mass is 19.1. The minimum Gasteiger partial charge on any atom is -0.389 e. The first kappa shape index (κ1) is 20.0. The van der Waals surface area contributed by atoms with Crippen LogP contribution in [0.3, 0.4) is 0 Å². The topological polar surface area (TPSA) is 41.9 Å². The number of allylic oxidation sites excluding steroid dienone is 1. The number of benzene rings is 1. The first-order valence-corrected chi connectivity index (χ1v) is 10.5. The van der Waals surface area contributed by atoms with E-state index in [0.29, 0.717) is 44.2 Å². The first-order chi connectivity index (χ1) is 13.4. The minimum absolute atomic E-state index is 0.0799. The van der Waals surface area contributed by atoms with Crippen molar-refractivity contribution in [3.8, 4) is 0 Å². The van der Waals surface area contributed by atoms with Crippen LogP contribution >= 0.6 is 0 Å². The molecule has 1 aromatic carbocycles. The maximum atomic E-state index is 13.1. The highest BCUT2D eigenvalue weighted by Crippen LogP contribution is 2.59. The van der Waals surface area contributed by atoms with Gasteiger partial charge < -0.3 is 14.6 Å². The Morgan fingerprint density at radius 1 is 1.32 bits per heavy atom. The molecule has 1 heterocycles. The van der Waals surface area contributed by atoms with Crippen molar-refractivity contribution in [1.29, 1.82) is 0 Å². The fourth-order valence-corrected chi connectivity index (χ4v) is 5.05. The molecule has 1 saturated carbocycles. The summed E-state index contributed by atoms with van der Waals surface area (Å²) in [7, 11) is 0. The van der Waals surface area contributed by atoms with E-state index in [2.05, 4.69) is 24.8 Å². The number of β-amino-alcohol motifs (C(OH)–C–C–N with tert-alkyl or cyclic N) is 1. The molecule has 0 unspecified atom stereocenters. The SMILES string of the molecule is CC1(C)[C@H]2CC=C(COC[C@@H](O)CN3CCO[C@@H](c4ccc(F)cc4)C3)[C@H]1C2. The van der Waals surface area contributed by atoms with E-state index in [-0.39, 0.29) is 11.9 Å². The van der Waals surface area contributed by atoms with E-state index in [4.69, 9.17) is 9.47 Å². The lowest BCUT2D eigenvalue weighted by molar-refractivity contribution is -0.0545. The standard InChI is InChI=1S/C23H32FNO3/c1-23(2)18-6-3-17(21(23)11-18)14-27-15-20(26)12-25-9-10-28-22(13-25)16-4-7-19(24)8-5-16/h3-5,7-8,18,20-22,26H,6,9-15H2,1-2H3/t18-,20-,21+,22+/m0/s1. The van der Waals surface area contributed by atoms with Gasteiger partial charge in [-0.1, -0.05) is 32.1 Å². The molecule has 0 spiro atoms. The van der Waals surface area contributed by atoms with Gasteiger partial charge in [0.05, 0.1) is 32.0 Å². The molecular weight excluding hydrogens is 357 g/mol. The van der Waals surface area contributed by atoms with E-state index in [9.17, 15) is 9.50 Å². The number of ether oxygens (including phenoxy) is 2. The number of hydrogen-bond donors (Lipinski definition) is 1. The lowest BCUT2D eigenvalue weighted by Gasteiger charge is -2.56. The number of aliphatic hydroxyl groups excluding tert-OH is 1. The quantitative estimate of drug-likeness (QED) is 0.724. The van der Waals surface area contributed by atoms with Gasteiger partial charge in [0.15, 0.2) is 0 Å². The molecule has 28 heavy (non-hydrogen) atoms. The Balaban J connectivity index is 1.21. The second-order valence-electron chi connectivity index (χ2n) is 9.16. The summed E-state index contributed by atoms with van der Waals surface area (Å²) in [6.07, 6.45) is 4.22. The highest BCUT2D eigenvalue weighted by Gasteiger charge is 2.50. The minimum atomic E-state index is -0.515. The Kier molecular flexibility index (Phi) is 5.88. The predicted molar refractivity (Wildman–Crippen MR) is 106 cm³/mol. The molecule has 5 heteroatoms. The Labute approximate surface area is 167 Å². The lowest BCUT2D eigenvalue weighted by atomic mass is 9.49. The third-order valence-electron chi connectivity index (χ3n) is 7.02. The molecule has 1 aromatic rings. The number of nitrogens with zero attached hydrogens (tertiary/aromatic N) is 1. The van der Waals surface area contributed by atoms with Gasteiger partial charge in [0, 0.05) is 19.6 Å². The number of rotatable bonds is 7. The Morgan fingerprint density at radius 3 is 2.82 bits per heavy atom. The van der Waals surface area contributed by atoms with Gasteiger partial charge in [-0.05, 0) is 53.4 Å². The van der Waals surface area contributed by atoms with Gasteiger partial charge in [-0.2, -0.15) is 0 Å². The van der Waals surface area contributed by atoms with Crippen molar-refractivity contribution in [3.63, 3.8) is 0 Å². The van der Waals surface area contributed by atoms with E-state index in [1.165, 1.54) is 30.5 Å². The molecule has 4 atom stereocenters. The van der Waals surface area contributed by atoms with Crippen LogP contribution in [0.1, 0.15) is 38.4 Å². The third kappa shape index (κ3) is 4.18. The van der Waals surface area contributed by atoms with Crippen LogP contribution in [0.2, 0.25) is 0 Å². The van der Waals surface area contributed by atoms with E-state index in [0.717, 1.165) is 18.0 Å². The molecule has 0 aromatic heterocycles. The second-order valence-corrected chi connectivity index (χ2v) is 9.16. The summed E-state index contributed by atoms with van der Waals surface area (Å²) in [6, 6.07) is 6.47. The van der Waals surface area contributed by atoms with Gasteiger partial charge in [0.2, 0.25) is 0 Å². The van der Waals surface area contributed by atoms with Gasteiger partial charge >= 0.3 is 0 Å². The fourth-order valence-electron chi connectivity index (χ4n) is 5.05. The molecule has 2 bridgehead atoms. The van der Waals surface area contributed by atoms with Gasteiger partial charge in [-0.15, -0.1) is 0 Å². The zero-order chi connectivity index (χ0) is 19.7. The Morgan fingerprint density at radius 2 is 2.11 bits per heavy atom. The van der Waals surface area contributed by atoms with E-state index in [1.807, 2.05) is 0 Å². The van der Waals surface area contributed by atoms with E-state index >= 15 is 0 Å². The number of halogens is 1. The van der Waals surface area contributed by atoms with Crippen molar-refractivity contribution >= 4 is 0 Å². The molecule has 1 aliphatic heterocycles. The molecular formula is C23H32FNO3. The molecule has 4 nitrogen and oxygen atoms in total. The summed E-state index contributed by atoms with van der Waals surface area (Å²) in [5, 5.41) is 10.4. The summed E-state index contributed by atoms with van der Waals surface area (Å²) in [4.78, 5) is 2.20. The average Bonchev–Trinajstić information content (AvgIpc) is 2.68.